The standard InChI is InChI=1S/C15H28NSi/c1-8-17(16-15(5,6)7)13-11-9-10-12(13)14(2,3)4/h9-10,16H,8,11H2,1-7H3. The van der Waals surface area contributed by atoms with Gasteiger partial charge in [-0.05, 0) is 44.2 Å². The van der Waals surface area contributed by atoms with Crippen LogP contribution in [0.4, 0.5) is 0 Å². The second kappa shape index (κ2) is 5.11. The summed E-state index contributed by atoms with van der Waals surface area (Å²) in [6, 6.07) is 1.26. The lowest BCUT2D eigenvalue weighted by Crippen LogP contribution is -2.48. The summed E-state index contributed by atoms with van der Waals surface area (Å²) >= 11 is 0. The average Bonchev–Trinajstić information content (AvgIpc) is 2.60. The van der Waals surface area contributed by atoms with Gasteiger partial charge in [-0.3, -0.25) is 0 Å². The van der Waals surface area contributed by atoms with E-state index in [0.29, 0.717) is 0 Å². The van der Waals surface area contributed by atoms with Crippen molar-refractivity contribution in [3.63, 3.8) is 0 Å². The third kappa shape index (κ3) is 4.11. The second-order valence-corrected chi connectivity index (χ2v) is 9.47. The van der Waals surface area contributed by atoms with Crippen LogP contribution in [0.15, 0.2) is 22.9 Å². The van der Waals surface area contributed by atoms with Crippen molar-refractivity contribution in [2.45, 2.75) is 66.5 Å². The fourth-order valence-electron chi connectivity index (χ4n) is 2.32. The predicted molar refractivity (Wildman–Crippen MR) is 79.4 cm³/mol. The van der Waals surface area contributed by atoms with Crippen LogP contribution in [0.25, 0.3) is 0 Å². The molecule has 1 N–H and O–H groups in total. The van der Waals surface area contributed by atoms with E-state index in [1.807, 2.05) is 0 Å². The zero-order chi connectivity index (χ0) is 13.3. The molecule has 17 heavy (non-hydrogen) atoms. The van der Waals surface area contributed by atoms with Gasteiger partial charge in [0.1, 0.15) is 0 Å². The summed E-state index contributed by atoms with van der Waals surface area (Å²) in [5.74, 6) is 0. The molecule has 1 nitrogen and oxygen atoms in total. The van der Waals surface area contributed by atoms with Crippen LogP contribution in [-0.4, -0.2) is 14.5 Å². The Bertz CT molecular complexity index is 326. The molecule has 0 saturated carbocycles. The number of nitrogens with one attached hydrogen (secondary N) is 1. The monoisotopic (exact) mass is 250 g/mol. The van der Waals surface area contributed by atoms with E-state index >= 15 is 0 Å². The van der Waals surface area contributed by atoms with Gasteiger partial charge in [-0.25, -0.2) is 0 Å². The van der Waals surface area contributed by atoms with Crippen molar-refractivity contribution in [2.75, 3.05) is 0 Å². The SMILES string of the molecule is CC[Si](NC(C)(C)C)C1=C(C(C)(C)C)C=CC1. The van der Waals surface area contributed by atoms with Crippen molar-refractivity contribution in [1.82, 2.24) is 4.98 Å². The first-order valence-corrected chi connectivity index (χ1v) is 8.40. The molecule has 0 aromatic heterocycles. The number of hydrogen-bond acceptors (Lipinski definition) is 1. The van der Waals surface area contributed by atoms with Gasteiger partial charge in [-0.15, -0.1) is 0 Å². The Kier molecular flexibility index (Phi) is 4.42. The molecule has 1 aliphatic rings. The van der Waals surface area contributed by atoms with Gasteiger partial charge in [-0.2, -0.15) is 0 Å². The molecular formula is C15H28NSi. The molecular weight excluding hydrogens is 222 g/mol. The molecule has 0 unspecified atom stereocenters. The molecule has 97 valence electrons. The molecule has 0 aromatic carbocycles. The summed E-state index contributed by atoms with van der Waals surface area (Å²) in [5.41, 5.74) is 2.08. The van der Waals surface area contributed by atoms with E-state index in [4.69, 9.17) is 0 Å². The predicted octanol–water partition coefficient (Wildman–Crippen LogP) is 4.23. The Balaban J connectivity index is 2.97. The van der Waals surface area contributed by atoms with Crippen LogP contribution in [0.5, 0.6) is 0 Å². The molecule has 0 bridgehead atoms. The minimum Gasteiger partial charge on any atom is -0.330 e. The molecule has 0 aliphatic heterocycles. The van der Waals surface area contributed by atoms with Gasteiger partial charge in [0.2, 0.25) is 0 Å². The molecule has 1 radical (unpaired) electrons. The average molecular weight is 250 g/mol. The molecule has 1 aliphatic carbocycles. The number of rotatable bonds is 3. The quantitative estimate of drug-likeness (QED) is 0.739. The Morgan fingerprint density at radius 2 is 1.76 bits per heavy atom. The fraction of sp³-hybridized carbons (Fsp3) is 0.733. The van der Waals surface area contributed by atoms with Crippen LogP contribution in [-0.2, 0) is 0 Å². The summed E-state index contributed by atoms with van der Waals surface area (Å²) < 4.78 is 0. The topological polar surface area (TPSA) is 12.0 Å². The van der Waals surface area contributed by atoms with E-state index in [1.54, 1.807) is 10.8 Å². The van der Waals surface area contributed by atoms with E-state index in [1.165, 1.54) is 6.04 Å². The van der Waals surface area contributed by atoms with Crippen molar-refractivity contribution in [1.29, 1.82) is 0 Å². The van der Waals surface area contributed by atoms with Crippen molar-refractivity contribution < 1.29 is 0 Å². The maximum Gasteiger partial charge on any atom is 0.166 e. The van der Waals surface area contributed by atoms with Gasteiger partial charge in [0.15, 0.2) is 8.96 Å². The van der Waals surface area contributed by atoms with Gasteiger partial charge in [-0.1, -0.05) is 45.0 Å². The largest absolute Gasteiger partial charge is 0.330 e. The Labute approximate surface area is 109 Å². The van der Waals surface area contributed by atoms with Crippen LogP contribution in [0.2, 0.25) is 6.04 Å². The van der Waals surface area contributed by atoms with E-state index in [2.05, 4.69) is 65.6 Å². The first-order valence-electron chi connectivity index (χ1n) is 6.69. The lowest BCUT2D eigenvalue weighted by atomic mass is 9.87. The van der Waals surface area contributed by atoms with Gasteiger partial charge in [0.25, 0.3) is 0 Å². The van der Waals surface area contributed by atoms with Crippen molar-refractivity contribution >= 4 is 8.96 Å². The zero-order valence-corrected chi connectivity index (χ0v) is 13.6. The van der Waals surface area contributed by atoms with E-state index < -0.39 is 8.96 Å². The van der Waals surface area contributed by atoms with E-state index in [-0.39, 0.29) is 11.0 Å². The molecule has 0 atom stereocenters. The number of allylic oxidation sites excluding steroid dienone is 4. The van der Waals surface area contributed by atoms with Crippen LogP contribution in [0, 0.1) is 5.41 Å². The Hall–Kier alpha value is -0.343. The summed E-state index contributed by atoms with van der Waals surface area (Å²) in [4.78, 5) is 3.85. The summed E-state index contributed by atoms with van der Waals surface area (Å²) in [6.45, 7) is 16.1. The van der Waals surface area contributed by atoms with Gasteiger partial charge in [0, 0.05) is 5.54 Å². The Morgan fingerprint density at radius 1 is 1.18 bits per heavy atom. The molecule has 2 heteroatoms. The molecule has 0 saturated heterocycles. The number of hydrogen-bond donors (Lipinski definition) is 1. The highest BCUT2D eigenvalue weighted by atomic mass is 28.3. The van der Waals surface area contributed by atoms with Crippen molar-refractivity contribution in [2.24, 2.45) is 5.41 Å². The first kappa shape index (κ1) is 14.7. The maximum atomic E-state index is 3.85. The molecule has 0 fully saturated rings. The maximum absolute atomic E-state index is 3.85. The highest BCUT2D eigenvalue weighted by Crippen LogP contribution is 2.35. The summed E-state index contributed by atoms with van der Waals surface area (Å²) in [5, 5.41) is 1.69. The van der Waals surface area contributed by atoms with Gasteiger partial charge >= 0.3 is 0 Å². The van der Waals surface area contributed by atoms with E-state index in [9.17, 15) is 0 Å². The molecule has 0 spiro atoms. The molecule has 0 heterocycles. The van der Waals surface area contributed by atoms with Crippen molar-refractivity contribution in [3.8, 4) is 0 Å². The lowest BCUT2D eigenvalue weighted by Gasteiger charge is -2.30. The zero-order valence-electron chi connectivity index (χ0n) is 12.6. The minimum absolute atomic E-state index is 0.225. The van der Waals surface area contributed by atoms with Crippen LogP contribution in [0.3, 0.4) is 0 Å². The van der Waals surface area contributed by atoms with Crippen LogP contribution < -0.4 is 4.98 Å². The molecule has 0 amide bonds. The Morgan fingerprint density at radius 3 is 2.18 bits per heavy atom. The third-order valence-electron chi connectivity index (χ3n) is 2.98. The molecule has 1 rings (SSSR count). The van der Waals surface area contributed by atoms with Gasteiger partial charge < -0.3 is 4.98 Å². The smallest absolute Gasteiger partial charge is 0.166 e. The third-order valence-corrected chi connectivity index (χ3v) is 5.94. The highest BCUT2D eigenvalue weighted by molar-refractivity contribution is 6.64. The highest BCUT2D eigenvalue weighted by Gasteiger charge is 2.29. The van der Waals surface area contributed by atoms with Gasteiger partial charge in [0.05, 0.1) is 0 Å². The van der Waals surface area contributed by atoms with Crippen LogP contribution >= 0.6 is 0 Å². The lowest BCUT2D eigenvalue weighted by molar-refractivity contribution is 0.508. The molecule has 0 aromatic rings. The van der Waals surface area contributed by atoms with E-state index in [0.717, 1.165) is 6.42 Å². The first-order chi connectivity index (χ1) is 7.65. The summed E-state index contributed by atoms with van der Waals surface area (Å²) in [7, 11) is -0.583. The normalized spacial score (nSPS) is 17.4. The van der Waals surface area contributed by atoms with Crippen LogP contribution in [0.1, 0.15) is 54.9 Å². The van der Waals surface area contributed by atoms with Crippen molar-refractivity contribution in [3.05, 3.63) is 22.9 Å². The summed E-state index contributed by atoms with van der Waals surface area (Å²) in [6.07, 6.45) is 5.85. The fourth-order valence-corrected chi connectivity index (χ4v) is 5.13. The minimum atomic E-state index is -0.583. The second-order valence-electron chi connectivity index (χ2n) is 6.96.